The van der Waals surface area contributed by atoms with Gasteiger partial charge < -0.3 is 15.5 Å². The summed E-state index contributed by atoms with van der Waals surface area (Å²) >= 11 is 0. The van der Waals surface area contributed by atoms with E-state index in [0.29, 0.717) is 13.0 Å². The SMILES string of the molecule is CCCNC(=O)CCN=C(NCC)N(C)Cc1ccc(C)cc1.I. The first kappa shape index (κ1) is 22.7. The van der Waals surface area contributed by atoms with Crippen molar-refractivity contribution in [3.05, 3.63) is 35.4 Å². The van der Waals surface area contributed by atoms with Crippen molar-refractivity contribution in [2.24, 2.45) is 4.99 Å². The van der Waals surface area contributed by atoms with Gasteiger partial charge in [0, 0.05) is 33.1 Å². The second-order valence-corrected chi connectivity index (χ2v) is 5.68. The van der Waals surface area contributed by atoms with Crippen LogP contribution in [0.2, 0.25) is 0 Å². The summed E-state index contributed by atoms with van der Waals surface area (Å²) in [5.41, 5.74) is 2.50. The van der Waals surface area contributed by atoms with Crippen LogP contribution in [0.5, 0.6) is 0 Å². The van der Waals surface area contributed by atoms with E-state index in [9.17, 15) is 4.79 Å². The Morgan fingerprint density at radius 1 is 1.17 bits per heavy atom. The quantitative estimate of drug-likeness (QED) is 0.367. The van der Waals surface area contributed by atoms with Gasteiger partial charge in [0.25, 0.3) is 0 Å². The van der Waals surface area contributed by atoms with Gasteiger partial charge in [0.2, 0.25) is 5.91 Å². The summed E-state index contributed by atoms with van der Waals surface area (Å²) in [6.45, 7) is 8.99. The number of nitrogens with one attached hydrogen (secondary N) is 2. The molecule has 0 saturated heterocycles. The minimum absolute atomic E-state index is 0. The normalized spacial score (nSPS) is 10.8. The van der Waals surface area contributed by atoms with Crippen molar-refractivity contribution < 1.29 is 4.79 Å². The Morgan fingerprint density at radius 3 is 2.42 bits per heavy atom. The molecule has 0 unspecified atom stereocenters. The van der Waals surface area contributed by atoms with E-state index in [4.69, 9.17) is 0 Å². The summed E-state index contributed by atoms with van der Waals surface area (Å²) in [5, 5.41) is 6.15. The lowest BCUT2D eigenvalue weighted by Crippen LogP contribution is -2.38. The van der Waals surface area contributed by atoms with Crippen LogP contribution in [0.1, 0.15) is 37.8 Å². The van der Waals surface area contributed by atoms with Crippen LogP contribution >= 0.6 is 24.0 Å². The highest BCUT2D eigenvalue weighted by Crippen LogP contribution is 2.06. The molecule has 1 rings (SSSR count). The summed E-state index contributed by atoms with van der Waals surface area (Å²) in [4.78, 5) is 18.2. The Hall–Kier alpha value is -1.31. The molecule has 1 aromatic rings. The lowest BCUT2D eigenvalue weighted by atomic mass is 10.1. The minimum atomic E-state index is 0. The van der Waals surface area contributed by atoms with Crippen molar-refractivity contribution in [2.75, 3.05) is 26.7 Å². The number of carbonyl (C=O) groups excluding carboxylic acids is 1. The first-order valence-electron chi connectivity index (χ1n) is 8.38. The number of benzene rings is 1. The number of guanidine groups is 1. The Labute approximate surface area is 163 Å². The molecule has 0 radical (unpaired) electrons. The molecule has 1 aromatic carbocycles. The second kappa shape index (κ2) is 13.0. The summed E-state index contributed by atoms with van der Waals surface area (Å²) in [5.74, 6) is 0.893. The van der Waals surface area contributed by atoms with Crippen molar-refractivity contribution in [2.45, 2.75) is 40.2 Å². The van der Waals surface area contributed by atoms with Crippen molar-refractivity contribution in [3.8, 4) is 0 Å². The summed E-state index contributed by atoms with van der Waals surface area (Å²) < 4.78 is 0. The van der Waals surface area contributed by atoms with Gasteiger partial charge in [-0.2, -0.15) is 0 Å². The number of hydrogen-bond acceptors (Lipinski definition) is 2. The standard InChI is InChI=1S/C18H30N4O.HI/c1-5-12-20-17(23)11-13-21-18(19-6-2)22(4)14-16-9-7-15(3)8-10-16;/h7-10H,5-6,11-14H2,1-4H3,(H,19,21)(H,20,23);1H. The predicted molar refractivity (Wildman–Crippen MR) is 112 cm³/mol. The molecule has 24 heavy (non-hydrogen) atoms. The highest BCUT2D eigenvalue weighted by Gasteiger charge is 2.07. The molecular formula is C18H31IN4O. The highest BCUT2D eigenvalue weighted by molar-refractivity contribution is 14.0. The molecule has 0 fully saturated rings. The number of aryl methyl sites for hydroxylation is 1. The number of amides is 1. The second-order valence-electron chi connectivity index (χ2n) is 5.68. The minimum Gasteiger partial charge on any atom is -0.357 e. The molecule has 0 saturated carbocycles. The molecule has 136 valence electrons. The Balaban J connectivity index is 0.00000529. The van der Waals surface area contributed by atoms with E-state index >= 15 is 0 Å². The fourth-order valence-electron chi connectivity index (χ4n) is 2.13. The average molecular weight is 446 g/mol. The fourth-order valence-corrected chi connectivity index (χ4v) is 2.13. The van der Waals surface area contributed by atoms with Crippen LogP contribution in [0.15, 0.2) is 29.3 Å². The zero-order valence-electron chi connectivity index (χ0n) is 15.3. The molecule has 0 aliphatic rings. The van der Waals surface area contributed by atoms with Gasteiger partial charge in [-0.3, -0.25) is 9.79 Å². The van der Waals surface area contributed by atoms with Gasteiger partial charge in [-0.05, 0) is 25.8 Å². The summed E-state index contributed by atoms with van der Waals surface area (Å²) in [6.07, 6.45) is 1.38. The molecular weight excluding hydrogens is 415 g/mol. The third-order valence-corrected chi connectivity index (χ3v) is 3.41. The van der Waals surface area contributed by atoms with Crippen LogP contribution in [0.25, 0.3) is 0 Å². The summed E-state index contributed by atoms with van der Waals surface area (Å²) in [6, 6.07) is 8.50. The Kier molecular flexibility index (Phi) is 12.3. The van der Waals surface area contributed by atoms with E-state index in [1.54, 1.807) is 0 Å². The molecule has 1 amide bonds. The van der Waals surface area contributed by atoms with Crippen molar-refractivity contribution in [1.29, 1.82) is 0 Å². The Bertz CT molecular complexity index is 502. The molecule has 0 aliphatic heterocycles. The van der Waals surface area contributed by atoms with Gasteiger partial charge in [-0.15, -0.1) is 24.0 Å². The molecule has 0 bridgehead atoms. The van der Waals surface area contributed by atoms with Crippen LogP contribution in [0.3, 0.4) is 0 Å². The van der Waals surface area contributed by atoms with E-state index in [2.05, 4.69) is 51.7 Å². The maximum absolute atomic E-state index is 11.6. The molecule has 6 heteroatoms. The molecule has 0 spiro atoms. The first-order chi connectivity index (χ1) is 11.1. The highest BCUT2D eigenvalue weighted by atomic mass is 127. The molecule has 0 aliphatic carbocycles. The number of carbonyl (C=O) groups is 1. The lowest BCUT2D eigenvalue weighted by molar-refractivity contribution is -0.120. The third kappa shape index (κ3) is 9.10. The topological polar surface area (TPSA) is 56.7 Å². The third-order valence-electron chi connectivity index (χ3n) is 3.41. The number of nitrogens with zero attached hydrogens (tertiary/aromatic N) is 2. The van der Waals surface area contributed by atoms with E-state index in [1.807, 2.05) is 20.9 Å². The van der Waals surface area contributed by atoms with Gasteiger partial charge in [-0.25, -0.2) is 0 Å². The first-order valence-corrected chi connectivity index (χ1v) is 8.38. The summed E-state index contributed by atoms with van der Waals surface area (Å²) in [7, 11) is 2.01. The lowest BCUT2D eigenvalue weighted by Gasteiger charge is -2.22. The number of hydrogen-bond donors (Lipinski definition) is 2. The largest absolute Gasteiger partial charge is 0.357 e. The van der Waals surface area contributed by atoms with E-state index in [-0.39, 0.29) is 29.9 Å². The monoisotopic (exact) mass is 446 g/mol. The smallest absolute Gasteiger partial charge is 0.221 e. The average Bonchev–Trinajstić information content (AvgIpc) is 2.54. The van der Waals surface area contributed by atoms with Gasteiger partial charge in [0.05, 0.1) is 6.54 Å². The Morgan fingerprint density at radius 2 is 1.83 bits per heavy atom. The fraction of sp³-hybridized carbons (Fsp3) is 0.556. The van der Waals surface area contributed by atoms with Gasteiger partial charge in [0.15, 0.2) is 5.96 Å². The van der Waals surface area contributed by atoms with Gasteiger partial charge in [0.1, 0.15) is 0 Å². The molecule has 0 heterocycles. The van der Waals surface area contributed by atoms with Crippen LogP contribution < -0.4 is 10.6 Å². The van der Waals surface area contributed by atoms with Crippen molar-refractivity contribution >= 4 is 35.8 Å². The van der Waals surface area contributed by atoms with Crippen LogP contribution in [-0.4, -0.2) is 43.4 Å². The zero-order valence-corrected chi connectivity index (χ0v) is 17.6. The van der Waals surface area contributed by atoms with Crippen LogP contribution in [0, 0.1) is 6.92 Å². The predicted octanol–water partition coefficient (Wildman–Crippen LogP) is 2.93. The van der Waals surface area contributed by atoms with E-state index in [0.717, 1.165) is 32.0 Å². The van der Waals surface area contributed by atoms with E-state index < -0.39 is 0 Å². The molecule has 2 N–H and O–H groups in total. The van der Waals surface area contributed by atoms with Gasteiger partial charge in [-0.1, -0.05) is 36.8 Å². The van der Waals surface area contributed by atoms with E-state index in [1.165, 1.54) is 11.1 Å². The maximum Gasteiger partial charge on any atom is 0.221 e. The molecule has 5 nitrogen and oxygen atoms in total. The van der Waals surface area contributed by atoms with Crippen molar-refractivity contribution in [1.82, 2.24) is 15.5 Å². The maximum atomic E-state index is 11.6. The zero-order chi connectivity index (χ0) is 17.1. The number of halogens is 1. The van der Waals surface area contributed by atoms with Crippen molar-refractivity contribution in [3.63, 3.8) is 0 Å². The number of rotatable bonds is 8. The number of aliphatic imine (C=N–C) groups is 1. The van der Waals surface area contributed by atoms with Crippen LogP contribution in [0.4, 0.5) is 0 Å². The molecule has 0 atom stereocenters. The molecule has 0 aromatic heterocycles. The van der Waals surface area contributed by atoms with Gasteiger partial charge >= 0.3 is 0 Å². The van der Waals surface area contributed by atoms with Crippen LogP contribution in [-0.2, 0) is 11.3 Å².